The number of benzene rings is 3. The lowest BCUT2D eigenvalue weighted by atomic mass is 9.90. The van der Waals surface area contributed by atoms with E-state index in [0.717, 1.165) is 6.07 Å². The van der Waals surface area contributed by atoms with Crippen molar-refractivity contribution in [2.24, 2.45) is 0 Å². The van der Waals surface area contributed by atoms with Crippen molar-refractivity contribution in [2.45, 2.75) is 36.9 Å². The molecule has 0 spiro atoms. The summed E-state index contributed by atoms with van der Waals surface area (Å²) < 4.78 is 73.2. The third-order valence-electron chi connectivity index (χ3n) is 4.85. The second-order valence-electron chi connectivity index (χ2n) is 7.75. The fourth-order valence-electron chi connectivity index (χ4n) is 3.34. The van der Waals surface area contributed by atoms with Crippen LogP contribution in [0.4, 0.5) is 18.9 Å². The van der Waals surface area contributed by atoms with Gasteiger partial charge in [-0.25, -0.2) is 8.42 Å². The zero-order valence-electron chi connectivity index (χ0n) is 18.3. The molecular formula is C23H19ClF3NO6S. The number of ketones is 1. The van der Waals surface area contributed by atoms with Crippen LogP contribution in [-0.4, -0.2) is 37.6 Å². The molecular weight excluding hydrogens is 511 g/mol. The summed E-state index contributed by atoms with van der Waals surface area (Å²) >= 11 is 5.79. The molecule has 35 heavy (non-hydrogen) atoms. The van der Waals surface area contributed by atoms with Crippen LogP contribution in [0.5, 0.6) is 5.75 Å². The maximum Gasteiger partial charge on any atom is 0.451 e. The minimum atomic E-state index is -5.44. The number of fused-ring (bicyclic) bond motifs is 1. The number of nitrogens with one attached hydrogen (secondary N) is 1. The Hall–Kier alpha value is -3.31. The molecule has 0 aliphatic rings. The van der Waals surface area contributed by atoms with Crippen LogP contribution in [-0.2, 0) is 24.3 Å². The van der Waals surface area contributed by atoms with Gasteiger partial charge < -0.3 is 9.84 Å². The van der Waals surface area contributed by atoms with Crippen LogP contribution in [0, 0.1) is 0 Å². The molecule has 0 aromatic heterocycles. The topological polar surface area (TPSA) is 110 Å². The lowest BCUT2D eigenvalue weighted by molar-refractivity contribution is -0.178. The quantitative estimate of drug-likeness (QED) is 0.248. The molecule has 0 fully saturated rings. The van der Waals surface area contributed by atoms with E-state index in [-0.39, 0.29) is 26.4 Å². The monoisotopic (exact) mass is 529 g/mol. The molecule has 3 rings (SSSR count). The molecule has 186 valence electrons. The second-order valence-corrected chi connectivity index (χ2v) is 9.87. The van der Waals surface area contributed by atoms with Crippen molar-refractivity contribution in [1.82, 2.24) is 0 Å². The molecule has 7 nitrogen and oxygen atoms in total. The Morgan fingerprint density at radius 2 is 1.60 bits per heavy atom. The third-order valence-corrected chi connectivity index (χ3v) is 6.49. The third kappa shape index (κ3) is 5.68. The minimum absolute atomic E-state index is 0.0869. The number of alkyl halides is 3. The van der Waals surface area contributed by atoms with Crippen molar-refractivity contribution in [2.75, 3.05) is 4.72 Å². The van der Waals surface area contributed by atoms with E-state index in [1.165, 1.54) is 62.4 Å². The highest BCUT2D eigenvalue weighted by molar-refractivity contribution is 7.92. The standard InChI is InChI=1S/C23H19ClF3NO6S/c1-12(2)34-22(31)19(21(30)23(25,26)27)17-11-18(15-5-3-4-6-16(15)20(17)29)28-35(32,33)14-9-7-13(24)8-10-14/h3-12,19,28-29H,1-2H3. The minimum Gasteiger partial charge on any atom is -0.507 e. The number of phenols is 1. The van der Waals surface area contributed by atoms with E-state index in [9.17, 15) is 36.3 Å². The number of halogens is 4. The second kappa shape index (κ2) is 9.74. The maximum absolute atomic E-state index is 13.4. The summed E-state index contributed by atoms with van der Waals surface area (Å²) in [4.78, 5) is 24.6. The molecule has 1 unspecified atom stereocenters. The van der Waals surface area contributed by atoms with Crippen LogP contribution in [0.15, 0.2) is 59.5 Å². The molecule has 3 aromatic carbocycles. The summed E-state index contributed by atoms with van der Waals surface area (Å²) in [6, 6.07) is 11.6. The molecule has 3 aromatic rings. The van der Waals surface area contributed by atoms with Crippen LogP contribution < -0.4 is 4.72 Å². The van der Waals surface area contributed by atoms with Gasteiger partial charge in [-0.2, -0.15) is 13.2 Å². The van der Waals surface area contributed by atoms with Gasteiger partial charge in [0.2, 0.25) is 0 Å². The molecule has 2 N–H and O–H groups in total. The molecule has 0 amide bonds. The number of carbonyl (C=O) groups excluding carboxylic acids is 2. The number of esters is 1. The maximum atomic E-state index is 13.4. The van der Waals surface area contributed by atoms with Gasteiger partial charge in [0, 0.05) is 21.4 Å². The zero-order chi connectivity index (χ0) is 26.1. The van der Waals surface area contributed by atoms with Gasteiger partial charge in [0.1, 0.15) is 5.75 Å². The smallest absolute Gasteiger partial charge is 0.451 e. The van der Waals surface area contributed by atoms with Gasteiger partial charge in [-0.3, -0.25) is 14.3 Å². The molecule has 0 aliphatic heterocycles. The van der Waals surface area contributed by atoms with Gasteiger partial charge >= 0.3 is 12.1 Å². The van der Waals surface area contributed by atoms with Crippen molar-refractivity contribution in [3.8, 4) is 5.75 Å². The van der Waals surface area contributed by atoms with E-state index < -0.39 is 51.3 Å². The number of sulfonamides is 1. The van der Waals surface area contributed by atoms with Gasteiger partial charge in [-0.05, 0) is 44.2 Å². The number of hydrogen-bond acceptors (Lipinski definition) is 6. The molecule has 1 atom stereocenters. The van der Waals surface area contributed by atoms with Crippen molar-refractivity contribution in [3.05, 3.63) is 65.2 Å². The van der Waals surface area contributed by atoms with Gasteiger partial charge in [-0.15, -0.1) is 0 Å². The number of phenolic OH excluding ortho intramolecular Hbond substituents is 1. The van der Waals surface area contributed by atoms with Crippen LogP contribution in [0.25, 0.3) is 10.8 Å². The Kier molecular flexibility index (Phi) is 7.32. The van der Waals surface area contributed by atoms with E-state index in [1.54, 1.807) is 0 Å². The molecule has 0 radical (unpaired) electrons. The van der Waals surface area contributed by atoms with Gasteiger partial charge in [0.15, 0.2) is 5.92 Å². The van der Waals surface area contributed by atoms with Crippen LogP contribution >= 0.6 is 11.6 Å². The number of hydrogen-bond donors (Lipinski definition) is 2. The predicted molar refractivity (Wildman–Crippen MR) is 123 cm³/mol. The number of Topliss-reactive ketones (excluding diaryl/α,β-unsaturated/α-hetero) is 1. The number of aromatic hydroxyl groups is 1. The summed E-state index contributed by atoms with van der Waals surface area (Å²) in [5.74, 6) is -7.39. The molecule has 0 bridgehead atoms. The Labute approximate surface area is 203 Å². The van der Waals surface area contributed by atoms with Gasteiger partial charge in [0.05, 0.1) is 16.7 Å². The Bertz CT molecular complexity index is 1390. The summed E-state index contributed by atoms with van der Waals surface area (Å²) in [6.07, 6.45) is -6.31. The normalized spacial score (nSPS) is 13.0. The fraction of sp³-hybridized carbons (Fsp3) is 0.217. The van der Waals surface area contributed by atoms with Gasteiger partial charge in [0.25, 0.3) is 15.8 Å². The summed E-state index contributed by atoms with van der Waals surface area (Å²) in [7, 11) is -4.28. The molecule has 0 heterocycles. The van der Waals surface area contributed by atoms with Crippen molar-refractivity contribution < 1.29 is 41.0 Å². The first-order valence-electron chi connectivity index (χ1n) is 10.1. The zero-order valence-corrected chi connectivity index (χ0v) is 19.8. The van der Waals surface area contributed by atoms with Crippen molar-refractivity contribution in [1.29, 1.82) is 0 Å². The highest BCUT2D eigenvalue weighted by atomic mass is 35.5. The first kappa shape index (κ1) is 26.3. The summed E-state index contributed by atoms with van der Waals surface area (Å²) in [5, 5.41) is 11.1. The Balaban J connectivity index is 2.24. The first-order valence-corrected chi connectivity index (χ1v) is 11.9. The lowest BCUT2D eigenvalue weighted by Crippen LogP contribution is -2.35. The van der Waals surface area contributed by atoms with Crippen LogP contribution in [0.1, 0.15) is 25.3 Å². The average Bonchev–Trinajstić information content (AvgIpc) is 2.76. The van der Waals surface area contributed by atoms with E-state index in [0.29, 0.717) is 0 Å². The van der Waals surface area contributed by atoms with Crippen molar-refractivity contribution in [3.63, 3.8) is 0 Å². The highest BCUT2D eigenvalue weighted by Crippen LogP contribution is 2.41. The van der Waals surface area contributed by atoms with E-state index >= 15 is 0 Å². The molecule has 12 heteroatoms. The highest BCUT2D eigenvalue weighted by Gasteiger charge is 2.49. The summed E-state index contributed by atoms with van der Waals surface area (Å²) in [6.45, 7) is 2.75. The molecule has 0 aliphatic carbocycles. The largest absolute Gasteiger partial charge is 0.507 e. The van der Waals surface area contributed by atoms with Crippen molar-refractivity contribution >= 4 is 49.8 Å². The number of rotatable bonds is 7. The van der Waals surface area contributed by atoms with E-state index in [4.69, 9.17) is 16.3 Å². The molecule has 0 saturated carbocycles. The van der Waals surface area contributed by atoms with E-state index in [1.807, 2.05) is 0 Å². The number of ether oxygens (including phenoxy) is 1. The first-order chi connectivity index (χ1) is 16.2. The Morgan fingerprint density at radius 3 is 2.14 bits per heavy atom. The predicted octanol–water partition coefficient (Wildman–Crippen LogP) is 5.17. The molecule has 0 saturated heterocycles. The Morgan fingerprint density at radius 1 is 1.03 bits per heavy atom. The lowest BCUT2D eigenvalue weighted by Gasteiger charge is -2.21. The van der Waals surface area contributed by atoms with Crippen LogP contribution in [0.2, 0.25) is 5.02 Å². The average molecular weight is 530 g/mol. The number of anilines is 1. The fourth-order valence-corrected chi connectivity index (χ4v) is 4.54. The summed E-state index contributed by atoms with van der Waals surface area (Å²) in [5.41, 5.74) is -1.02. The van der Waals surface area contributed by atoms with Crippen LogP contribution in [0.3, 0.4) is 0 Å². The van der Waals surface area contributed by atoms with E-state index in [2.05, 4.69) is 4.72 Å². The number of carbonyl (C=O) groups is 2. The SMILES string of the molecule is CC(C)OC(=O)C(C(=O)C(F)(F)F)c1cc(NS(=O)(=O)c2ccc(Cl)cc2)c2ccccc2c1O. The van der Waals surface area contributed by atoms with Gasteiger partial charge in [-0.1, -0.05) is 35.9 Å².